The molecule has 0 saturated carbocycles. The maximum absolute atomic E-state index is 12.8. The summed E-state index contributed by atoms with van der Waals surface area (Å²) in [6.45, 7) is 3.09. The molecule has 0 radical (unpaired) electrons. The molecule has 2 aromatic heterocycles. The van der Waals surface area contributed by atoms with Crippen molar-refractivity contribution in [1.29, 1.82) is 0 Å². The van der Waals surface area contributed by atoms with Gasteiger partial charge in [-0.15, -0.1) is 11.3 Å². The van der Waals surface area contributed by atoms with Crippen LogP contribution in [0.5, 0.6) is 5.75 Å². The number of nitrogens with zero attached hydrogens (tertiary/aromatic N) is 2. The first kappa shape index (κ1) is 24.0. The van der Waals surface area contributed by atoms with Crippen LogP contribution < -0.4 is 15.6 Å². The van der Waals surface area contributed by atoms with E-state index in [9.17, 15) is 13.2 Å². The Morgan fingerprint density at radius 2 is 2.00 bits per heavy atom. The van der Waals surface area contributed by atoms with E-state index in [1.165, 1.54) is 17.2 Å². The minimum absolute atomic E-state index is 0.108. The molecule has 5 rings (SSSR count). The van der Waals surface area contributed by atoms with Crippen LogP contribution in [-0.2, 0) is 29.4 Å². The van der Waals surface area contributed by atoms with Crippen LogP contribution >= 0.6 is 11.3 Å². The third-order valence-electron chi connectivity index (χ3n) is 6.56. The first-order chi connectivity index (χ1) is 16.8. The summed E-state index contributed by atoms with van der Waals surface area (Å²) in [5, 5.41) is 4.40. The van der Waals surface area contributed by atoms with Crippen LogP contribution in [0.1, 0.15) is 45.8 Å². The van der Waals surface area contributed by atoms with Gasteiger partial charge in [0.25, 0.3) is 5.56 Å². The number of sulfone groups is 1. The summed E-state index contributed by atoms with van der Waals surface area (Å²) >= 11 is 1.59. The Morgan fingerprint density at radius 1 is 1.17 bits per heavy atom. The van der Waals surface area contributed by atoms with Gasteiger partial charge < -0.3 is 10.1 Å². The second-order valence-electron chi connectivity index (χ2n) is 9.20. The number of pyridine rings is 1. The number of fused-ring (bicyclic) bond motifs is 1. The number of rotatable bonds is 7. The lowest BCUT2D eigenvalue weighted by atomic mass is 9.93. The Labute approximate surface area is 209 Å². The van der Waals surface area contributed by atoms with E-state index in [2.05, 4.69) is 34.6 Å². The second kappa shape index (κ2) is 10.1. The Balaban J connectivity index is 1.22. The Hall–Kier alpha value is -2.75. The molecule has 7 nitrogen and oxygen atoms in total. The number of aromatic nitrogens is 2. The lowest BCUT2D eigenvalue weighted by Crippen LogP contribution is -2.37. The van der Waals surface area contributed by atoms with Crippen molar-refractivity contribution >= 4 is 32.9 Å². The molecule has 0 amide bonds. The van der Waals surface area contributed by atoms with E-state index in [1.807, 2.05) is 19.2 Å². The molecule has 9 heteroatoms. The van der Waals surface area contributed by atoms with Gasteiger partial charge in [0, 0.05) is 41.6 Å². The predicted molar refractivity (Wildman–Crippen MR) is 139 cm³/mol. The lowest BCUT2D eigenvalue weighted by molar-refractivity contribution is 0.304. The largest absolute Gasteiger partial charge is 0.486 e. The third kappa shape index (κ3) is 5.91. The van der Waals surface area contributed by atoms with Gasteiger partial charge in [-0.1, -0.05) is 18.2 Å². The number of ether oxygens (including phenoxy) is 1. The fourth-order valence-electron chi connectivity index (χ4n) is 4.59. The highest BCUT2D eigenvalue weighted by molar-refractivity contribution is 7.91. The van der Waals surface area contributed by atoms with Crippen molar-refractivity contribution in [3.8, 4) is 5.75 Å². The fourth-order valence-corrected chi connectivity index (χ4v) is 6.78. The quantitative estimate of drug-likeness (QED) is 0.519. The fraction of sp³-hybridized carbons (Fsp3) is 0.385. The van der Waals surface area contributed by atoms with Crippen molar-refractivity contribution in [2.24, 2.45) is 0 Å². The zero-order valence-electron chi connectivity index (χ0n) is 19.7. The average Bonchev–Trinajstić information content (AvgIpc) is 3.27. The molecule has 1 aliphatic carbocycles. The van der Waals surface area contributed by atoms with Gasteiger partial charge in [0.2, 0.25) is 0 Å². The molecule has 1 N–H and O–H groups in total. The van der Waals surface area contributed by atoms with Crippen LogP contribution in [0, 0.1) is 6.92 Å². The van der Waals surface area contributed by atoms with Gasteiger partial charge in [-0.3, -0.25) is 9.36 Å². The minimum Gasteiger partial charge on any atom is -0.486 e. The Kier molecular flexibility index (Phi) is 6.91. The van der Waals surface area contributed by atoms with Crippen molar-refractivity contribution in [3.63, 3.8) is 0 Å². The van der Waals surface area contributed by atoms with Crippen LogP contribution in [0.3, 0.4) is 0 Å². The zero-order chi connectivity index (χ0) is 24.4. The molecule has 35 heavy (non-hydrogen) atoms. The van der Waals surface area contributed by atoms with Gasteiger partial charge >= 0.3 is 0 Å². The van der Waals surface area contributed by atoms with Crippen molar-refractivity contribution < 1.29 is 13.2 Å². The second-order valence-corrected chi connectivity index (χ2v) is 12.8. The number of hydrogen-bond acceptors (Lipinski definition) is 7. The van der Waals surface area contributed by atoms with Gasteiger partial charge in [-0.2, -0.15) is 0 Å². The molecule has 3 aromatic rings. The summed E-state index contributed by atoms with van der Waals surface area (Å²) in [6.07, 6.45) is 8.70. The standard InChI is InChI=1S/C26H29N3O4S2/c1-18-15-28-25(34-18)17-33-24-6-9-29(26(30)14-24)23-5-4-20-12-19(2-3-21(20)13-23)16-27-22-7-10-35(31,32)11-8-22/h2-3,6,9,12-15,22,27H,4-5,7-8,10-11,16-17H2,1H3. The smallest absolute Gasteiger partial charge is 0.258 e. The van der Waals surface area contributed by atoms with E-state index in [4.69, 9.17) is 4.74 Å². The third-order valence-corrected chi connectivity index (χ3v) is 9.16. The van der Waals surface area contributed by atoms with Crippen LogP contribution in [-0.4, -0.2) is 35.5 Å². The van der Waals surface area contributed by atoms with Crippen molar-refractivity contribution in [2.75, 3.05) is 11.5 Å². The van der Waals surface area contributed by atoms with Crippen LogP contribution in [0.4, 0.5) is 0 Å². The molecule has 0 atom stereocenters. The monoisotopic (exact) mass is 511 g/mol. The van der Waals surface area contributed by atoms with Crippen molar-refractivity contribution in [1.82, 2.24) is 14.9 Å². The molecule has 0 bridgehead atoms. The molecule has 0 unspecified atom stereocenters. The van der Waals surface area contributed by atoms with E-state index in [0.29, 0.717) is 25.2 Å². The number of hydrogen-bond donors (Lipinski definition) is 1. The number of thiazole rings is 1. The topological polar surface area (TPSA) is 90.3 Å². The highest BCUT2D eigenvalue weighted by Crippen LogP contribution is 2.27. The van der Waals surface area contributed by atoms with E-state index >= 15 is 0 Å². The highest BCUT2D eigenvalue weighted by Gasteiger charge is 2.23. The van der Waals surface area contributed by atoms with Crippen molar-refractivity contribution in [3.05, 3.63) is 79.7 Å². The van der Waals surface area contributed by atoms with E-state index < -0.39 is 9.84 Å². The molecule has 184 valence electrons. The summed E-state index contributed by atoms with van der Waals surface area (Å²) in [6, 6.07) is 10.0. The lowest BCUT2D eigenvalue weighted by Gasteiger charge is -2.24. The molecule has 2 aliphatic rings. The highest BCUT2D eigenvalue weighted by atomic mass is 32.2. The van der Waals surface area contributed by atoms with Crippen LogP contribution in [0.2, 0.25) is 0 Å². The maximum Gasteiger partial charge on any atom is 0.258 e. The molecule has 3 heterocycles. The van der Waals surface area contributed by atoms with Crippen molar-refractivity contribution in [2.45, 2.75) is 51.8 Å². The number of aryl methyl sites for hydroxylation is 2. The van der Waals surface area contributed by atoms with E-state index in [0.717, 1.165) is 40.5 Å². The number of nitrogens with one attached hydrogen (secondary N) is 1. The van der Waals surface area contributed by atoms with Crippen LogP contribution in [0.25, 0.3) is 11.8 Å². The summed E-state index contributed by atoms with van der Waals surface area (Å²) < 4.78 is 30.7. The average molecular weight is 512 g/mol. The summed E-state index contributed by atoms with van der Waals surface area (Å²) in [4.78, 5) is 18.2. The van der Waals surface area contributed by atoms with Gasteiger partial charge in [-0.25, -0.2) is 13.4 Å². The summed E-state index contributed by atoms with van der Waals surface area (Å²) in [5.41, 5.74) is 4.46. The molecule has 1 saturated heterocycles. The van der Waals surface area contributed by atoms with E-state index in [1.54, 1.807) is 22.1 Å². The predicted octanol–water partition coefficient (Wildman–Crippen LogP) is 3.80. The zero-order valence-corrected chi connectivity index (χ0v) is 21.3. The Bertz CT molecular complexity index is 1410. The number of benzene rings is 1. The molecule has 0 spiro atoms. The molecule has 1 aliphatic heterocycles. The number of allylic oxidation sites excluding steroid dienone is 1. The Morgan fingerprint density at radius 3 is 2.74 bits per heavy atom. The summed E-state index contributed by atoms with van der Waals surface area (Å²) in [5.74, 6) is 1.10. The molecular weight excluding hydrogens is 482 g/mol. The molecule has 1 fully saturated rings. The molecular formula is C26H29N3O4S2. The van der Waals surface area contributed by atoms with Gasteiger partial charge in [0.1, 0.15) is 27.2 Å². The first-order valence-corrected chi connectivity index (χ1v) is 14.5. The maximum atomic E-state index is 12.8. The molecule has 1 aromatic carbocycles. The van der Waals surface area contributed by atoms with E-state index in [-0.39, 0.29) is 23.1 Å². The minimum atomic E-state index is -2.84. The first-order valence-electron chi connectivity index (χ1n) is 11.9. The van der Waals surface area contributed by atoms with Gasteiger partial charge in [0.15, 0.2) is 0 Å². The normalized spacial score (nSPS) is 17.6. The van der Waals surface area contributed by atoms with Gasteiger partial charge in [0.05, 0.1) is 11.5 Å². The SMILES string of the molecule is Cc1cnc(COc2ccn(C3=Cc4ccc(CNC5CCS(=O)(=O)CC5)cc4CC3)c(=O)c2)s1. The van der Waals surface area contributed by atoms with Gasteiger partial charge in [-0.05, 0) is 61.4 Å². The van der Waals surface area contributed by atoms with Crippen LogP contribution in [0.15, 0.2) is 47.5 Å². The summed E-state index contributed by atoms with van der Waals surface area (Å²) in [7, 11) is -2.84.